The fourth-order valence-corrected chi connectivity index (χ4v) is 2.66. The molecule has 3 rings (SSSR count). The van der Waals surface area contributed by atoms with Crippen LogP contribution in [-0.2, 0) is 28.9 Å². The van der Waals surface area contributed by atoms with Gasteiger partial charge in [0.25, 0.3) is 0 Å². The van der Waals surface area contributed by atoms with Gasteiger partial charge in [0.05, 0.1) is 12.0 Å². The van der Waals surface area contributed by atoms with Gasteiger partial charge in [0.15, 0.2) is 5.82 Å². The highest BCUT2D eigenvalue weighted by Gasteiger charge is 2.27. The van der Waals surface area contributed by atoms with Crippen LogP contribution in [0.15, 0.2) is 0 Å². The first-order valence-electron chi connectivity index (χ1n) is 6.49. The summed E-state index contributed by atoms with van der Waals surface area (Å²) in [6, 6.07) is 0. The maximum atomic E-state index is 11.0. The van der Waals surface area contributed by atoms with Gasteiger partial charge in [-0.25, -0.2) is 9.67 Å². The molecule has 0 aromatic carbocycles. The second-order valence-corrected chi connectivity index (χ2v) is 5.03. The van der Waals surface area contributed by atoms with Crippen LogP contribution in [0.25, 0.3) is 0 Å². The second kappa shape index (κ2) is 4.68. The molecule has 2 atom stereocenters. The first kappa shape index (κ1) is 11.6. The van der Waals surface area contributed by atoms with Gasteiger partial charge in [-0.3, -0.25) is 4.79 Å². The Labute approximate surface area is 105 Å². The van der Waals surface area contributed by atoms with E-state index in [4.69, 9.17) is 9.84 Å². The fraction of sp³-hybridized carbons (Fsp3) is 0.750. The van der Waals surface area contributed by atoms with Crippen molar-refractivity contribution < 1.29 is 14.6 Å². The summed E-state index contributed by atoms with van der Waals surface area (Å²) in [5.41, 5.74) is 0. The van der Waals surface area contributed by atoms with Gasteiger partial charge in [0.2, 0.25) is 0 Å². The topological polar surface area (TPSA) is 77.2 Å². The van der Waals surface area contributed by atoms with E-state index in [1.165, 1.54) is 0 Å². The van der Waals surface area contributed by atoms with E-state index in [1.54, 1.807) is 0 Å². The van der Waals surface area contributed by atoms with Gasteiger partial charge in [-0.05, 0) is 19.3 Å². The molecule has 6 nitrogen and oxygen atoms in total. The maximum absolute atomic E-state index is 11.0. The van der Waals surface area contributed by atoms with Crippen LogP contribution in [-0.4, -0.2) is 38.6 Å². The van der Waals surface area contributed by atoms with Crippen molar-refractivity contribution in [3.8, 4) is 0 Å². The lowest BCUT2D eigenvalue weighted by molar-refractivity contribution is -0.142. The molecule has 2 aliphatic heterocycles. The molecule has 0 spiro atoms. The molecule has 3 heterocycles. The standard InChI is InChI=1S/C12H17N3O3/c16-12(17)8-3-4-15-11(6-8)13-10(14-15)7-9-2-1-5-18-9/h8-9H,1-7H2,(H,16,17). The number of rotatable bonds is 3. The van der Waals surface area contributed by atoms with E-state index in [1.807, 2.05) is 4.68 Å². The first-order valence-corrected chi connectivity index (χ1v) is 6.49. The van der Waals surface area contributed by atoms with Gasteiger partial charge in [0, 0.05) is 26.0 Å². The van der Waals surface area contributed by atoms with E-state index >= 15 is 0 Å². The highest BCUT2D eigenvalue weighted by atomic mass is 16.5. The van der Waals surface area contributed by atoms with Crippen LogP contribution >= 0.6 is 0 Å². The maximum Gasteiger partial charge on any atom is 0.307 e. The summed E-state index contributed by atoms with van der Waals surface area (Å²) in [6.45, 7) is 1.49. The molecular weight excluding hydrogens is 234 g/mol. The summed E-state index contributed by atoms with van der Waals surface area (Å²) in [4.78, 5) is 15.4. The number of carboxylic acids is 1. The number of aliphatic carboxylic acids is 1. The van der Waals surface area contributed by atoms with E-state index in [9.17, 15) is 4.79 Å². The van der Waals surface area contributed by atoms with E-state index in [0.717, 1.165) is 37.5 Å². The summed E-state index contributed by atoms with van der Waals surface area (Å²) >= 11 is 0. The number of carbonyl (C=O) groups is 1. The lowest BCUT2D eigenvalue weighted by atomic mass is 9.98. The van der Waals surface area contributed by atoms with Gasteiger partial charge in [-0.2, -0.15) is 5.10 Å². The average Bonchev–Trinajstić information content (AvgIpc) is 2.96. The molecule has 2 unspecified atom stereocenters. The van der Waals surface area contributed by atoms with E-state index in [2.05, 4.69) is 10.1 Å². The molecule has 0 amide bonds. The lowest BCUT2D eigenvalue weighted by Crippen LogP contribution is -2.26. The number of carboxylic acid groups (broad SMARTS) is 1. The average molecular weight is 251 g/mol. The zero-order valence-electron chi connectivity index (χ0n) is 10.2. The summed E-state index contributed by atoms with van der Waals surface area (Å²) in [5, 5.41) is 13.5. The third kappa shape index (κ3) is 2.25. The van der Waals surface area contributed by atoms with Gasteiger partial charge in [0.1, 0.15) is 5.82 Å². The minimum atomic E-state index is -0.732. The van der Waals surface area contributed by atoms with Crippen molar-refractivity contribution in [2.45, 2.75) is 44.8 Å². The van der Waals surface area contributed by atoms with Crippen LogP contribution in [0.5, 0.6) is 0 Å². The summed E-state index contributed by atoms with van der Waals surface area (Å²) in [7, 11) is 0. The number of hydrogen-bond acceptors (Lipinski definition) is 4. The summed E-state index contributed by atoms with van der Waals surface area (Å²) < 4.78 is 7.42. The molecule has 6 heteroatoms. The number of aromatic nitrogens is 3. The molecule has 98 valence electrons. The largest absolute Gasteiger partial charge is 0.481 e. The Morgan fingerprint density at radius 3 is 3.11 bits per heavy atom. The minimum Gasteiger partial charge on any atom is -0.481 e. The minimum absolute atomic E-state index is 0.240. The molecule has 1 saturated heterocycles. The smallest absolute Gasteiger partial charge is 0.307 e. The molecule has 0 radical (unpaired) electrons. The molecule has 0 aliphatic carbocycles. The van der Waals surface area contributed by atoms with E-state index in [-0.39, 0.29) is 12.0 Å². The molecule has 1 fully saturated rings. The van der Waals surface area contributed by atoms with Crippen molar-refractivity contribution in [3.05, 3.63) is 11.6 Å². The van der Waals surface area contributed by atoms with Crippen LogP contribution in [0.4, 0.5) is 0 Å². The zero-order valence-corrected chi connectivity index (χ0v) is 10.2. The van der Waals surface area contributed by atoms with Crippen LogP contribution in [0, 0.1) is 5.92 Å². The number of fused-ring (bicyclic) bond motifs is 1. The Balaban J connectivity index is 1.70. The molecule has 1 N–H and O–H groups in total. The molecule has 0 saturated carbocycles. The van der Waals surface area contributed by atoms with E-state index in [0.29, 0.717) is 19.4 Å². The Morgan fingerprint density at radius 2 is 2.39 bits per heavy atom. The highest BCUT2D eigenvalue weighted by molar-refractivity contribution is 5.70. The number of aryl methyl sites for hydroxylation is 1. The highest BCUT2D eigenvalue weighted by Crippen LogP contribution is 2.21. The Bertz CT molecular complexity index is 451. The third-order valence-corrected chi connectivity index (χ3v) is 3.69. The quantitative estimate of drug-likeness (QED) is 0.853. The normalized spacial score (nSPS) is 27.1. The number of ether oxygens (including phenoxy) is 1. The predicted molar refractivity (Wildman–Crippen MR) is 62.1 cm³/mol. The van der Waals surface area contributed by atoms with E-state index < -0.39 is 5.97 Å². The SMILES string of the molecule is O=C(O)C1CCn2nc(CC3CCCO3)nc2C1. The van der Waals surface area contributed by atoms with Gasteiger partial charge < -0.3 is 9.84 Å². The van der Waals surface area contributed by atoms with Crippen molar-refractivity contribution >= 4 is 5.97 Å². The lowest BCUT2D eigenvalue weighted by Gasteiger charge is -2.17. The molecule has 18 heavy (non-hydrogen) atoms. The molecule has 1 aromatic heterocycles. The number of hydrogen-bond donors (Lipinski definition) is 1. The zero-order chi connectivity index (χ0) is 12.5. The van der Waals surface area contributed by atoms with Gasteiger partial charge in [-0.15, -0.1) is 0 Å². The Hall–Kier alpha value is -1.43. The van der Waals surface area contributed by atoms with Crippen molar-refractivity contribution in [2.24, 2.45) is 5.92 Å². The predicted octanol–water partition coefficient (Wildman–Crippen LogP) is 0.647. The molecular formula is C12H17N3O3. The van der Waals surface area contributed by atoms with Crippen molar-refractivity contribution in [1.82, 2.24) is 14.8 Å². The molecule has 2 aliphatic rings. The Kier molecular flexibility index (Phi) is 3.03. The first-order chi connectivity index (χ1) is 8.72. The van der Waals surface area contributed by atoms with Gasteiger partial charge in [-0.1, -0.05) is 0 Å². The van der Waals surface area contributed by atoms with Crippen LogP contribution < -0.4 is 0 Å². The summed E-state index contributed by atoms with van der Waals surface area (Å²) in [6.07, 6.45) is 4.31. The number of nitrogens with zero attached hydrogens (tertiary/aromatic N) is 3. The Morgan fingerprint density at radius 1 is 1.50 bits per heavy atom. The molecule has 0 bridgehead atoms. The summed E-state index contributed by atoms with van der Waals surface area (Å²) in [5.74, 6) is 0.562. The van der Waals surface area contributed by atoms with Crippen LogP contribution in [0.1, 0.15) is 30.9 Å². The van der Waals surface area contributed by atoms with Gasteiger partial charge >= 0.3 is 5.97 Å². The van der Waals surface area contributed by atoms with Crippen molar-refractivity contribution in [2.75, 3.05) is 6.61 Å². The second-order valence-electron chi connectivity index (χ2n) is 5.03. The third-order valence-electron chi connectivity index (χ3n) is 3.69. The fourth-order valence-electron chi connectivity index (χ4n) is 2.66. The van der Waals surface area contributed by atoms with Crippen molar-refractivity contribution in [1.29, 1.82) is 0 Å². The molecule has 1 aromatic rings. The van der Waals surface area contributed by atoms with Crippen LogP contribution in [0.3, 0.4) is 0 Å². The van der Waals surface area contributed by atoms with Crippen LogP contribution in [0.2, 0.25) is 0 Å². The van der Waals surface area contributed by atoms with Crippen molar-refractivity contribution in [3.63, 3.8) is 0 Å². The monoisotopic (exact) mass is 251 g/mol.